The zero-order chi connectivity index (χ0) is 16.3. The van der Waals surface area contributed by atoms with E-state index in [2.05, 4.69) is 4.74 Å². The number of hydrogen-bond donors (Lipinski definition) is 0. The molecular formula is C17H17Cl2FO2. The van der Waals surface area contributed by atoms with E-state index in [1.807, 2.05) is 18.2 Å². The minimum atomic E-state index is -0.915. The van der Waals surface area contributed by atoms with E-state index in [4.69, 9.17) is 23.2 Å². The number of halogens is 3. The van der Waals surface area contributed by atoms with Crippen LogP contribution >= 0.6 is 23.2 Å². The van der Waals surface area contributed by atoms with Gasteiger partial charge in [0, 0.05) is 0 Å². The summed E-state index contributed by atoms with van der Waals surface area (Å²) in [4.78, 5) is 11.3. The smallest absolute Gasteiger partial charge is 0.367 e. The molecule has 1 fully saturated rings. The third-order valence-electron chi connectivity index (χ3n) is 3.61. The summed E-state index contributed by atoms with van der Waals surface area (Å²) in [5.41, 5.74) is 1.40. The molecule has 2 rings (SSSR count). The van der Waals surface area contributed by atoms with Crippen molar-refractivity contribution in [3.8, 4) is 0 Å². The second kappa shape index (κ2) is 7.30. The number of hydrogen-bond acceptors (Lipinski definition) is 2. The molecule has 22 heavy (non-hydrogen) atoms. The topological polar surface area (TPSA) is 26.3 Å². The fraction of sp³-hybridized carbons (Fsp3) is 0.353. The van der Waals surface area contributed by atoms with Crippen molar-refractivity contribution in [2.24, 2.45) is 5.92 Å². The molecule has 2 nitrogen and oxygen atoms in total. The largest absolute Gasteiger partial charge is 0.461 e. The first-order chi connectivity index (χ1) is 10.4. The lowest BCUT2D eigenvalue weighted by molar-refractivity contribution is -0.140. The minimum absolute atomic E-state index is 0.158. The van der Waals surface area contributed by atoms with Crippen LogP contribution in [0.15, 0.2) is 41.8 Å². The number of ether oxygens (including phenoxy) is 1. The first kappa shape index (κ1) is 17.0. The van der Waals surface area contributed by atoms with E-state index in [-0.39, 0.29) is 12.2 Å². The van der Waals surface area contributed by atoms with Crippen LogP contribution in [0.5, 0.6) is 0 Å². The molecule has 1 saturated carbocycles. The van der Waals surface area contributed by atoms with Crippen molar-refractivity contribution in [2.75, 3.05) is 6.61 Å². The second-order valence-corrected chi connectivity index (χ2v) is 6.07. The average molecular weight is 343 g/mol. The van der Waals surface area contributed by atoms with Crippen LogP contribution in [-0.4, -0.2) is 12.6 Å². The monoisotopic (exact) mass is 342 g/mol. The quantitative estimate of drug-likeness (QED) is 0.403. The predicted molar refractivity (Wildman–Crippen MR) is 86.9 cm³/mol. The summed E-state index contributed by atoms with van der Waals surface area (Å²) in [5, 5.41) is 1.08. The number of esters is 1. The molecule has 0 unspecified atom stereocenters. The van der Waals surface area contributed by atoms with Crippen molar-refractivity contribution in [3.63, 3.8) is 0 Å². The Kier molecular flexibility index (Phi) is 5.65. The van der Waals surface area contributed by atoms with Crippen molar-refractivity contribution in [1.29, 1.82) is 0 Å². The molecule has 0 radical (unpaired) electrons. The van der Waals surface area contributed by atoms with Gasteiger partial charge in [0.25, 0.3) is 0 Å². The molecule has 2 atom stereocenters. The highest BCUT2D eigenvalue weighted by Crippen LogP contribution is 2.49. The SMILES string of the molecule is CCOC(=O)C(F)=C(C)C=C[C@@H]1C[C@H]1c1ccc(Cl)c(Cl)c1. The molecule has 1 aromatic carbocycles. The van der Waals surface area contributed by atoms with E-state index in [9.17, 15) is 9.18 Å². The van der Waals surface area contributed by atoms with Crippen LogP contribution in [0.3, 0.4) is 0 Å². The van der Waals surface area contributed by atoms with Gasteiger partial charge in [-0.05, 0) is 55.4 Å². The normalized spacial score (nSPS) is 21.7. The summed E-state index contributed by atoms with van der Waals surface area (Å²) in [6.45, 7) is 3.35. The van der Waals surface area contributed by atoms with E-state index in [0.717, 1.165) is 12.0 Å². The summed E-state index contributed by atoms with van der Waals surface area (Å²) < 4.78 is 18.3. The maximum absolute atomic E-state index is 13.7. The summed E-state index contributed by atoms with van der Waals surface area (Å²) in [7, 11) is 0. The fourth-order valence-corrected chi connectivity index (χ4v) is 2.56. The fourth-order valence-electron chi connectivity index (χ4n) is 2.25. The van der Waals surface area contributed by atoms with Crippen molar-refractivity contribution >= 4 is 29.2 Å². The maximum atomic E-state index is 13.7. The zero-order valence-corrected chi connectivity index (χ0v) is 13.9. The Morgan fingerprint density at radius 1 is 1.41 bits per heavy atom. The van der Waals surface area contributed by atoms with Gasteiger partial charge in [-0.3, -0.25) is 0 Å². The molecule has 1 aliphatic rings. The molecule has 1 aliphatic carbocycles. The lowest BCUT2D eigenvalue weighted by Gasteiger charge is -2.02. The molecule has 1 aromatic rings. The number of allylic oxidation sites excluding steroid dienone is 3. The van der Waals surface area contributed by atoms with Gasteiger partial charge in [-0.2, -0.15) is 4.39 Å². The molecule has 0 spiro atoms. The summed E-state index contributed by atoms with van der Waals surface area (Å²) in [6, 6.07) is 5.60. The number of carbonyl (C=O) groups is 1. The summed E-state index contributed by atoms with van der Waals surface area (Å²) in [6.07, 6.45) is 4.53. The van der Waals surface area contributed by atoms with Gasteiger partial charge in [-0.25, -0.2) is 4.79 Å². The Morgan fingerprint density at radius 3 is 2.77 bits per heavy atom. The van der Waals surface area contributed by atoms with Crippen molar-refractivity contribution in [2.45, 2.75) is 26.2 Å². The summed E-state index contributed by atoms with van der Waals surface area (Å²) in [5.74, 6) is -1.07. The lowest BCUT2D eigenvalue weighted by atomic mass is 10.1. The van der Waals surface area contributed by atoms with E-state index >= 15 is 0 Å². The van der Waals surface area contributed by atoms with Gasteiger partial charge >= 0.3 is 5.97 Å². The number of rotatable bonds is 5. The molecule has 0 heterocycles. The van der Waals surface area contributed by atoms with Crippen molar-refractivity contribution in [3.05, 3.63) is 57.4 Å². The Hall–Kier alpha value is -1.32. The van der Waals surface area contributed by atoms with Crippen LogP contribution in [0.1, 0.15) is 31.7 Å². The molecule has 0 amide bonds. The lowest BCUT2D eigenvalue weighted by Crippen LogP contribution is -2.05. The maximum Gasteiger partial charge on any atom is 0.367 e. The van der Waals surface area contributed by atoms with Crippen molar-refractivity contribution in [1.82, 2.24) is 0 Å². The van der Waals surface area contributed by atoms with E-state index < -0.39 is 11.8 Å². The minimum Gasteiger partial charge on any atom is -0.461 e. The highest BCUT2D eigenvalue weighted by molar-refractivity contribution is 6.42. The third kappa shape index (κ3) is 4.11. The highest BCUT2D eigenvalue weighted by Gasteiger charge is 2.36. The Bertz CT molecular complexity index is 638. The first-order valence-corrected chi connectivity index (χ1v) is 7.86. The molecule has 0 N–H and O–H groups in total. The summed E-state index contributed by atoms with van der Waals surface area (Å²) >= 11 is 11.9. The van der Waals surface area contributed by atoms with Crippen LogP contribution in [0.2, 0.25) is 10.0 Å². The molecule has 5 heteroatoms. The van der Waals surface area contributed by atoms with Gasteiger partial charge in [-0.1, -0.05) is 41.4 Å². The molecule has 118 valence electrons. The van der Waals surface area contributed by atoms with Crippen LogP contribution in [-0.2, 0) is 9.53 Å². The Morgan fingerprint density at radius 2 is 2.14 bits per heavy atom. The zero-order valence-electron chi connectivity index (χ0n) is 12.4. The molecule has 0 aromatic heterocycles. The first-order valence-electron chi connectivity index (χ1n) is 7.10. The van der Waals surface area contributed by atoms with Gasteiger partial charge in [0.05, 0.1) is 16.7 Å². The van der Waals surface area contributed by atoms with Crippen LogP contribution in [0.4, 0.5) is 4.39 Å². The van der Waals surface area contributed by atoms with Gasteiger partial charge in [-0.15, -0.1) is 0 Å². The predicted octanol–water partition coefficient (Wildman–Crippen LogP) is 5.46. The van der Waals surface area contributed by atoms with E-state index in [0.29, 0.717) is 21.9 Å². The van der Waals surface area contributed by atoms with Gasteiger partial charge in [0.1, 0.15) is 0 Å². The average Bonchev–Trinajstić information content (AvgIpc) is 3.26. The van der Waals surface area contributed by atoms with Gasteiger partial charge < -0.3 is 4.74 Å². The van der Waals surface area contributed by atoms with E-state index in [1.165, 1.54) is 0 Å². The van der Waals surface area contributed by atoms with Crippen LogP contribution in [0.25, 0.3) is 0 Å². The highest BCUT2D eigenvalue weighted by atomic mass is 35.5. The Labute approximate surface area is 139 Å². The van der Waals surface area contributed by atoms with Crippen molar-refractivity contribution < 1.29 is 13.9 Å². The molecule has 0 saturated heterocycles. The van der Waals surface area contributed by atoms with Crippen LogP contribution in [0, 0.1) is 5.92 Å². The standard InChI is InChI=1S/C17H17Cl2FO2/c1-3-22-17(21)16(20)10(2)4-5-11-8-13(11)12-6-7-14(18)15(19)9-12/h4-7,9,11,13H,3,8H2,1-2H3/t11-,13-/m1/s1. The van der Waals surface area contributed by atoms with Gasteiger partial charge in [0.2, 0.25) is 5.83 Å². The molecule has 0 bridgehead atoms. The molecular weight excluding hydrogens is 326 g/mol. The van der Waals surface area contributed by atoms with E-state index in [1.54, 1.807) is 26.0 Å². The number of carbonyl (C=O) groups excluding carboxylic acids is 1. The Balaban J connectivity index is 2.00. The van der Waals surface area contributed by atoms with Crippen LogP contribution < -0.4 is 0 Å². The second-order valence-electron chi connectivity index (χ2n) is 5.26. The third-order valence-corrected chi connectivity index (χ3v) is 4.34. The molecule has 0 aliphatic heterocycles. The number of benzene rings is 1. The van der Waals surface area contributed by atoms with Gasteiger partial charge in [0.15, 0.2) is 0 Å².